The van der Waals surface area contributed by atoms with Gasteiger partial charge in [-0.1, -0.05) is 25.6 Å². The van der Waals surface area contributed by atoms with Crippen LogP contribution < -0.4 is 35.9 Å². The Morgan fingerprint density at radius 1 is 1.05 bits per heavy atom. The van der Waals surface area contributed by atoms with Crippen LogP contribution in [0.15, 0.2) is 12.7 Å². The molecular formula is C27H40N7O20P3S-4. The Bertz CT molecular complexity index is 1950. The van der Waals surface area contributed by atoms with Gasteiger partial charge >= 0.3 is 5.97 Å². The second-order valence-electron chi connectivity index (χ2n) is 13.2. The number of aromatic nitrogens is 4. The van der Waals surface area contributed by atoms with Crippen molar-refractivity contribution in [2.24, 2.45) is 5.41 Å². The molecule has 328 valence electrons. The second kappa shape index (κ2) is 20.0. The van der Waals surface area contributed by atoms with Crippen molar-refractivity contribution >= 4 is 75.1 Å². The lowest BCUT2D eigenvalue weighted by molar-refractivity contribution is -0.347. The summed E-state index contributed by atoms with van der Waals surface area (Å²) in [5.41, 5.74) is 1.92. The third kappa shape index (κ3) is 14.3. The van der Waals surface area contributed by atoms with E-state index < -0.39 is 114 Å². The van der Waals surface area contributed by atoms with Crippen molar-refractivity contribution in [1.82, 2.24) is 30.2 Å². The molecule has 2 aromatic heterocycles. The van der Waals surface area contributed by atoms with E-state index in [0.29, 0.717) is 0 Å². The molecule has 1 saturated heterocycles. The van der Waals surface area contributed by atoms with Crippen molar-refractivity contribution < 1.29 is 95.5 Å². The van der Waals surface area contributed by atoms with Gasteiger partial charge in [0.1, 0.15) is 36.3 Å². The Hall–Kier alpha value is -3.01. The molecule has 0 spiro atoms. The monoisotopic (exact) mass is 907 g/mol. The maximum atomic E-state index is 12.6. The normalized spacial score (nSPS) is 23.1. The first-order chi connectivity index (χ1) is 26.7. The number of nitrogens with zero attached hydrogens (tertiary/aromatic N) is 4. The number of anilines is 1. The van der Waals surface area contributed by atoms with Gasteiger partial charge in [0.2, 0.25) is 11.8 Å². The Morgan fingerprint density at radius 3 is 2.34 bits per heavy atom. The Labute approximate surface area is 332 Å². The lowest BCUT2D eigenvalue weighted by Crippen LogP contribution is -2.46. The van der Waals surface area contributed by atoms with E-state index in [-0.39, 0.29) is 42.2 Å². The number of phosphoric acid groups is 3. The standard InChI is InChI=1S/C27H44N7O20P3S/c1-26(2,22(41)25(42)30-5-4-16(36)29-6-7-58-18(39)9-14(35)8-17(37)38)11-51-57(48,49)54-56(46,47)50-10-15-20(53-55(43,44)45)21(40)27(3,52-15)34-13-33-19-23(28)31-12-32-24(19)34/h12-15,20-22,35,40-41H,4-11H2,1-3H3,(H,29,36)(H,30,42)(H,37,38)(H,46,47)(H,48,49)(H2,28,31,32)(H2,43,44,45)/p-4. The number of carbonyl (C=O) groups excluding carboxylic acids is 3. The number of carboxylic acids is 1. The molecule has 3 rings (SSSR count). The second-order valence-corrected chi connectivity index (χ2v) is 18.4. The van der Waals surface area contributed by atoms with Crippen molar-refractivity contribution in [3.05, 3.63) is 12.7 Å². The van der Waals surface area contributed by atoms with Crippen LogP contribution in [0.4, 0.5) is 5.82 Å². The molecule has 8 unspecified atom stereocenters. The molecule has 1 fully saturated rings. The fourth-order valence-corrected chi connectivity index (χ4v) is 8.58. The summed E-state index contributed by atoms with van der Waals surface area (Å²) in [5, 5.41) is 43.8. The molecule has 58 heavy (non-hydrogen) atoms. The predicted molar refractivity (Wildman–Crippen MR) is 186 cm³/mol. The number of nitrogen functional groups attached to an aromatic ring is 1. The number of hydrogen-bond acceptors (Lipinski definition) is 24. The molecule has 1 aliphatic heterocycles. The van der Waals surface area contributed by atoms with Crippen LogP contribution in [0, 0.1) is 5.41 Å². The number of amides is 2. The largest absolute Gasteiger partial charge is 0.790 e. The van der Waals surface area contributed by atoms with Crippen LogP contribution in [-0.4, -0.2) is 125 Å². The maximum Gasteiger partial charge on any atom is 0.305 e. The fraction of sp³-hybridized carbons (Fsp3) is 0.667. The summed E-state index contributed by atoms with van der Waals surface area (Å²) < 4.78 is 60.9. The molecule has 0 aliphatic carbocycles. The number of aliphatic hydroxyl groups excluding tert-OH is 3. The van der Waals surface area contributed by atoms with Crippen LogP contribution in [0.1, 0.15) is 40.0 Å². The van der Waals surface area contributed by atoms with Crippen molar-refractivity contribution in [3.63, 3.8) is 0 Å². The highest BCUT2D eigenvalue weighted by molar-refractivity contribution is 8.13. The number of imidazole rings is 1. The number of fused-ring (bicyclic) bond motifs is 1. The average molecular weight is 908 g/mol. The summed E-state index contributed by atoms with van der Waals surface area (Å²) >= 11 is 0.761. The van der Waals surface area contributed by atoms with Gasteiger partial charge in [0.05, 0.1) is 39.9 Å². The van der Waals surface area contributed by atoms with Gasteiger partial charge in [-0.2, -0.15) is 0 Å². The minimum atomic E-state index is -5.96. The summed E-state index contributed by atoms with van der Waals surface area (Å²) in [6.07, 6.45) is -8.66. The highest BCUT2D eigenvalue weighted by Gasteiger charge is 2.55. The third-order valence-electron chi connectivity index (χ3n) is 8.04. The lowest BCUT2D eigenvalue weighted by atomic mass is 9.87. The number of nitrogens with one attached hydrogen (secondary N) is 2. The van der Waals surface area contributed by atoms with Gasteiger partial charge in [0.25, 0.3) is 15.6 Å². The number of aliphatic hydroxyl groups is 3. The van der Waals surface area contributed by atoms with Crippen molar-refractivity contribution in [1.29, 1.82) is 0 Å². The van der Waals surface area contributed by atoms with E-state index in [0.717, 1.165) is 49.8 Å². The molecule has 31 heteroatoms. The summed E-state index contributed by atoms with van der Waals surface area (Å²) in [4.78, 5) is 107. The van der Waals surface area contributed by atoms with Crippen molar-refractivity contribution in [2.45, 2.75) is 76.3 Å². The maximum absolute atomic E-state index is 12.6. The molecule has 8 N–H and O–H groups in total. The summed E-state index contributed by atoms with van der Waals surface area (Å²) in [6, 6.07) is 0. The van der Waals surface area contributed by atoms with E-state index in [1.807, 2.05) is 0 Å². The number of hydrogen-bond donors (Lipinski definition) is 7. The summed E-state index contributed by atoms with van der Waals surface area (Å²) in [5.74, 6) is -2.91. The quantitative estimate of drug-likeness (QED) is 0.0408. The minimum Gasteiger partial charge on any atom is -0.790 e. The zero-order chi connectivity index (χ0) is 43.9. The highest BCUT2D eigenvalue weighted by Crippen LogP contribution is 2.56. The van der Waals surface area contributed by atoms with Gasteiger partial charge in [-0.25, -0.2) is 19.3 Å². The first-order valence-electron chi connectivity index (χ1n) is 16.6. The van der Waals surface area contributed by atoms with Crippen LogP contribution in [0.2, 0.25) is 0 Å². The van der Waals surface area contributed by atoms with Crippen LogP contribution in [0.25, 0.3) is 11.2 Å². The zero-order valence-corrected chi connectivity index (χ0v) is 34.1. The van der Waals surface area contributed by atoms with Gasteiger partial charge < -0.3 is 79.2 Å². The third-order valence-corrected chi connectivity index (χ3v) is 11.9. The molecule has 1 aliphatic rings. The number of aliphatic carboxylic acids is 1. The first kappa shape index (κ1) is 49.4. The van der Waals surface area contributed by atoms with Gasteiger partial charge in [0, 0.05) is 37.1 Å². The van der Waals surface area contributed by atoms with Crippen molar-refractivity contribution in [2.75, 3.05) is 37.8 Å². The van der Waals surface area contributed by atoms with Crippen LogP contribution in [0.5, 0.6) is 0 Å². The Kier molecular flexibility index (Phi) is 17.0. The number of nitrogens with two attached hydrogens (primary N) is 1. The van der Waals surface area contributed by atoms with E-state index in [2.05, 4.69) is 43.5 Å². The minimum absolute atomic E-state index is 0.0120. The van der Waals surface area contributed by atoms with Crippen LogP contribution in [-0.2, 0) is 61.2 Å². The molecule has 0 saturated carbocycles. The fourth-order valence-electron chi connectivity index (χ4n) is 5.11. The first-order valence-corrected chi connectivity index (χ1v) is 21.9. The van der Waals surface area contributed by atoms with Crippen LogP contribution >= 0.6 is 35.2 Å². The number of ether oxygens (including phenoxy) is 1. The topological polar surface area (TPSA) is 432 Å². The molecule has 8 atom stereocenters. The SMILES string of the molecule is CC(C)(COP(=O)([O-])OP(=O)([O-])OCC1OC(C)(n2cnc3c(N)ncnc32)C(O)C1OP(=O)([O-])[O-])C(O)C(=O)NCCC(=O)NCCSC(=O)CC(O)CC(=O)O. The summed E-state index contributed by atoms with van der Waals surface area (Å²) in [7, 11) is -17.7. The van der Waals surface area contributed by atoms with Crippen LogP contribution in [0.3, 0.4) is 0 Å². The van der Waals surface area contributed by atoms with E-state index in [9.17, 15) is 67.8 Å². The van der Waals surface area contributed by atoms with E-state index in [1.165, 1.54) is 0 Å². The molecule has 27 nitrogen and oxygen atoms in total. The van der Waals surface area contributed by atoms with Gasteiger partial charge in [-0.15, -0.1) is 0 Å². The molecule has 2 amide bonds. The predicted octanol–water partition coefficient (Wildman–Crippen LogP) is -4.46. The number of phosphoric ester groups is 3. The zero-order valence-electron chi connectivity index (χ0n) is 30.6. The molecule has 0 bridgehead atoms. The molecular weight excluding hydrogens is 867 g/mol. The Balaban J connectivity index is 1.50. The van der Waals surface area contributed by atoms with E-state index in [4.69, 9.17) is 15.6 Å². The summed E-state index contributed by atoms with van der Waals surface area (Å²) in [6.45, 7) is 0.836. The molecule has 0 radical (unpaired) electrons. The smallest absolute Gasteiger partial charge is 0.305 e. The molecule has 2 aromatic rings. The van der Waals surface area contributed by atoms with E-state index in [1.54, 1.807) is 0 Å². The number of carboxylic acid groups (broad SMARTS) is 1. The molecule has 0 aromatic carbocycles. The van der Waals surface area contributed by atoms with Gasteiger partial charge in [-0.3, -0.25) is 32.9 Å². The number of carbonyl (C=O) groups is 4. The average Bonchev–Trinajstić information content (AvgIpc) is 3.63. The lowest BCUT2D eigenvalue weighted by Gasteiger charge is -2.36. The van der Waals surface area contributed by atoms with Crippen molar-refractivity contribution in [3.8, 4) is 0 Å². The van der Waals surface area contributed by atoms with Gasteiger partial charge in [-0.05, 0) is 6.92 Å². The number of thioether (sulfide) groups is 1. The Morgan fingerprint density at radius 2 is 1.71 bits per heavy atom. The van der Waals surface area contributed by atoms with Gasteiger partial charge in [0.15, 0.2) is 22.3 Å². The highest BCUT2D eigenvalue weighted by atomic mass is 32.2. The molecule has 3 heterocycles. The number of rotatable bonds is 23. The van der Waals surface area contributed by atoms with E-state index >= 15 is 0 Å².